The van der Waals surface area contributed by atoms with E-state index in [1.807, 2.05) is 49.4 Å². The summed E-state index contributed by atoms with van der Waals surface area (Å²) in [6.45, 7) is 2.89. The lowest BCUT2D eigenvalue weighted by molar-refractivity contribution is 0.662. The maximum absolute atomic E-state index is 12.7. The van der Waals surface area contributed by atoms with Crippen LogP contribution in [0.4, 0.5) is 0 Å². The molecule has 0 aliphatic rings. The Labute approximate surface area is 154 Å². The first kappa shape index (κ1) is 16.5. The molecule has 4 rings (SSSR count). The molecule has 6 nitrogen and oxygen atoms in total. The van der Waals surface area contributed by atoms with Gasteiger partial charge in [-0.2, -0.15) is 0 Å². The van der Waals surface area contributed by atoms with Crippen LogP contribution in [0.15, 0.2) is 59.7 Å². The zero-order valence-corrected chi connectivity index (χ0v) is 14.9. The fourth-order valence-electron chi connectivity index (χ4n) is 2.78. The molecule has 2 aromatic carbocycles. The van der Waals surface area contributed by atoms with E-state index in [-0.39, 0.29) is 11.1 Å². The Balaban J connectivity index is 1.68. The van der Waals surface area contributed by atoms with Gasteiger partial charge in [-0.25, -0.2) is 9.67 Å². The van der Waals surface area contributed by atoms with Crippen LogP contribution >= 0.6 is 11.6 Å². The second-order valence-electron chi connectivity index (χ2n) is 6.17. The number of aromatic nitrogens is 5. The molecule has 0 unspecified atom stereocenters. The van der Waals surface area contributed by atoms with Crippen molar-refractivity contribution >= 4 is 22.8 Å². The number of halogens is 1. The number of aryl methyl sites for hydroxylation is 1. The molecule has 4 aromatic rings. The third-order valence-corrected chi connectivity index (χ3v) is 4.61. The van der Waals surface area contributed by atoms with Crippen molar-refractivity contribution < 1.29 is 0 Å². The van der Waals surface area contributed by atoms with Crippen LogP contribution in [0.2, 0.25) is 5.02 Å². The Morgan fingerprint density at radius 3 is 2.58 bits per heavy atom. The summed E-state index contributed by atoms with van der Waals surface area (Å²) in [5.74, 6) is 0. The lowest BCUT2D eigenvalue weighted by Crippen LogP contribution is -2.21. The van der Waals surface area contributed by atoms with Crippen LogP contribution in [-0.4, -0.2) is 24.5 Å². The summed E-state index contributed by atoms with van der Waals surface area (Å²) in [5.41, 5.74) is 3.62. The van der Waals surface area contributed by atoms with Crippen LogP contribution in [0.3, 0.4) is 0 Å². The van der Waals surface area contributed by atoms with Crippen molar-refractivity contribution in [2.45, 2.75) is 20.0 Å². The lowest BCUT2D eigenvalue weighted by Gasteiger charge is -2.07. The highest BCUT2D eigenvalue weighted by molar-refractivity contribution is 6.31. The number of hydrogen-bond donors (Lipinski definition) is 0. The summed E-state index contributed by atoms with van der Waals surface area (Å²) in [7, 11) is 0. The molecule has 2 heterocycles. The number of fused-ring (bicyclic) bond motifs is 1. The highest BCUT2D eigenvalue weighted by atomic mass is 35.5. The van der Waals surface area contributed by atoms with Gasteiger partial charge in [-0.15, -0.1) is 5.10 Å². The van der Waals surface area contributed by atoms with Crippen molar-refractivity contribution in [1.82, 2.24) is 24.5 Å². The smallest absolute Gasteiger partial charge is 0.283 e. The van der Waals surface area contributed by atoms with Crippen LogP contribution in [0.25, 0.3) is 11.2 Å². The van der Waals surface area contributed by atoms with Gasteiger partial charge in [0.1, 0.15) is 6.33 Å². The van der Waals surface area contributed by atoms with Gasteiger partial charge >= 0.3 is 0 Å². The average molecular weight is 366 g/mol. The first-order valence-corrected chi connectivity index (χ1v) is 8.57. The van der Waals surface area contributed by atoms with Crippen molar-refractivity contribution in [3.8, 4) is 0 Å². The third-order valence-electron chi connectivity index (χ3n) is 4.24. The Hall–Kier alpha value is -2.99. The van der Waals surface area contributed by atoms with E-state index >= 15 is 0 Å². The molecular weight excluding hydrogens is 350 g/mol. The molecule has 0 amide bonds. The van der Waals surface area contributed by atoms with E-state index in [0.29, 0.717) is 23.8 Å². The van der Waals surface area contributed by atoms with E-state index in [9.17, 15) is 4.79 Å². The van der Waals surface area contributed by atoms with Crippen molar-refractivity contribution in [3.63, 3.8) is 0 Å². The minimum absolute atomic E-state index is 0.231. The minimum atomic E-state index is -0.231. The summed E-state index contributed by atoms with van der Waals surface area (Å²) in [6, 6.07) is 15.6. The molecular formula is C19H16ClN5O. The van der Waals surface area contributed by atoms with Crippen molar-refractivity contribution in [2.24, 2.45) is 0 Å². The summed E-state index contributed by atoms with van der Waals surface area (Å²) < 4.78 is 3.13. The number of benzene rings is 2. The minimum Gasteiger partial charge on any atom is -0.293 e. The van der Waals surface area contributed by atoms with Crippen LogP contribution in [0.1, 0.15) is 16.7 Å². The predicted octanol–water partition coefficient (Wildman–Crippen LogP) is 3.05. The molecule has 2 aromatic heterocycles. The molecule has 0 fully saturated rings. The van der Waals surface area contributed by atoms with Gasteiger partial charge in [-0.1, -0.05) is 64.8 Å². The molecule has 0 radical (unpaired) electrons. The largest absolute Gasteiger partial charge is 0.293 e. The molecule has 130 valence electrons. The zero-order chi connectivity index (χ0) is 18.1. The Kier molecular flexibility index (Phi) is 4.26. The normalized spacial score (nSPS) is 11.2. The van der Waals surface area contributed by atoms with Crippen LogP contribution in [-0.2, 0) is 13.1 Å². The highest BCUT2D eigenvalue weighted by Crippen LogP contribution is 2.16. The van der Waals surface area contributed by atoms with Gasteiger partial charge in [0.05, 0.1) is 13.1 Å². The van der Waals surface area contributed by atoms with Gasteiger partial charge < -0.3 is 0 Å². The first-order chi connectivity index (χ1) is 12.6. The standard InChI is InChI=1S/C19H16ClN5O/c1-13-6-8-14(9-7-13)10-25-18-17(22-23-25)19(26)24(12-21-18)11-15-4-2-3-5-16(15)20/h2-9,12H,10-11H2,1H3. The van der Waals surface area contributed by atoms with E-state index in [1.54, 1.807) is 10.7 Å². The maximum atomic E-state index is 12.7. The van der Waals surface area contributed by atoms with E-state index in [4.69, 9.17) is 11.6 Å². The highest BCUT2D eigenvalue weighted by Gasteiger charge is 2.13. The van der Waals surface area contributed by atoms with Gasteiger partial charge in [0, 0.05) is 5.02 Å². The molecule has 0 spiro atoms. The second kappa shape index (κ2) is 6.72. The Morgan fingerprint density at radius 2 is 1.81 bits per heavy atom. The van der Waals surface area contributed by atoms with Crippen molar-refractivity contribution in [2.75, 3.05) is 0 Å². The summed E-state index contributed by atoms with van der Waals surface area (Å²) in [4.78, 5) is 17.1. The van der Waals surface area contributed by atoms with E-state index in [1.165, 1.54) is 16.5 Å². The Morgan fingerprint density at radius 1 is 1.04 bits per heavy atom. The number of rotatable bonds is 4. The molecule has 0 saturated heterocycles. The van der Waals surface area contributed by atoms with Crippen molar-refractivity contribution in [1.29, 1.82) is 0 Å². The second-order valence-corrected chi connectivity index (χ2v) is 6.58. The van der Waals surface area contributed by atoms with E-state index in [2.05, 4.69) is 15.3 Å². The monoisotopic (exact) mass is 365 g/mol. The SMILES string of the molecule is Cc1ccc(Cn2nnc3c(=O)n(Cc4ccccc4Cl)cnc32)cc1. The van der Waals surface area contributed by atoms with Gasteiger partial charge in [0.25, 0.3) is 5.56 Å². The number of nitrogens with zero attached hydrogens (tertiary/aromatic N) is 5. The molecule has 0 bridgehead atoms. The molecule has 26 heavy (non-hydrogen) atoms. The maximum Gasteiger partial charge on any atom is 0.283 e. The molecule has 0 atom stereocenters. The fraction of sp³-hybridized carbons (Fsp3) is 0.158. The summed E-state index contributed by atoms with van der Waals surface area (Å²) in [5, 5.41) is 8.76. The third kappa shape index (κ3) is 3.11. The quantitative estimate of drug-likeness (QED) is 0.557. The van der Waals surface area contributed by atoms with Crippen molar-refractivity contribution in [3.05, 3.63) is 86.9 Å². The lowest BCUT2D eigenvalue weighted by atomic mass is 10.1. The van der Waals surface area contributed by atoms with Crippen LogP contribution in [0, 0.1) is 6.92 Å². The molecule has 7 heteroatoms. The van der Waals surface area contributed by atoms with E-state index < -0.39 is 0 Å². The van der Waals surface area contributed by atoms with Crippen LogP contribution in [0.5, 0.6) is 0 Å². The van der Waals surface area contributed by atoms with Gasteiger partial charge in [0.15, 0.2) is 11.2 Å². The Bertz CT molecular complexity index is 1130. The van der Waals surface area contributed by atoms with Gasteiger partial charge in [-0.3, -0.25) is 9.36 Å². The fourth-order valence-corrected chi connectivity index (χ4v) is 2.98. The molecule has 0 saturated carbocycles. The predicted molar refractivity (Wildman–Crippen MR) is 100 cm³/mol. The molecule has 0 aliphatic heterocycles. The van der Waals surface area contributed by atoms with Crippen LogP contribution < -0.4 is 5.56 Å². The van der Waals surface area contributed by atoms with E-state index in [0.717, 1.165) is 11.1 Å². The van der Waals surface area contributed by atoms with Gasteiger partial charge in [0.2, 0.25) is 0 Å². The zero-order valence-electron chi connectivity index (χ0n) is 14.1. The van der Waals surface area contributed by atoms with Gasteiger partial charge in [-0.05, 0) is 24.1 Å². The first-order valence-electron chi connectivity index (χ1n) is 8.19. The summed E-state index contributed by atoms with van der Waals surface area (Å²) >= 11 is 6.18. The summed E-state index contributed by atoms with van der Waals surface area (Å²) in [6.07, 6.45) is 1.52. The average Bonchev–Trinajstić information content (AvgIpc) is 3.05. The topological polar surface area (TPSA) is 65.6 Å². The molecule has 0 aliphatic carbocycles. The number of hydrogen-bond acceptors (Lipinski definition) is 4. The molecule has 0 N–H and O–H groups in total.